The first-order valence-corrected chi connectivity index (χ1v) is 3.95. The van der Waals surface area contributed by atoms with E-state index in [2.05, 4.69) is 37.9 Å². The number of aromatic amines is 1. The molecule has 0 spiro atoms. The Bertz CT molecular complexity index is 445. The molecule has 2 aromatic heterocycles. The molecule has 0 aromatic carbocycles. The summed E-state index contributed by atoms with van der Waals surface area (Å²) in [6, 6.07) is 1.79. The van der Waals surface area contributed by atoms with Crippen LogP contribution in [0.2, 0.25) is 0 Å². The fourth-order valence-corrected chi connectivity index (χ4v) is 1.30. The second-order valence-electron chi connectivity index (χ2n) is 1.94. The van der Waals surface area contributed by atoms with Crippen LogP contribution in [0.4, 0.5) is 0 Å². The lowest BCUT2D eigenvalue weighted by molar-refractivity contribution is 0.877. The van der Waals surface area contributed by atoms with E-state index in [-0.39, 0.29) is 5.69 Å². The zero-order valence-electron chi connectivity index (χ0n) is 5.28. The molecule has 2 rings (SSSR count). The molecule has 0 aliphatic rings. The molecule has 0 bridgehead atoms. The monoisotopic (exact) mass is 262 g/mol. The fraction of sp³-hybridized carbons (Fsp3) is 0. The van der Waals surface area contributed by atoms with Crippen molar-refractivity contribution in [3.8, 4) is 0 Å². The molecule has 0 unspecified atom stereocenters. The maximum absolute atomic E-state index is 10.9. The van der Waals surface area contributed by atoms with Crippen molar-refractivity contribution in [1.82, 2.24) is 19.8 Å². The van der Waals surface area contributed by atoms with Crippen molar-refractivity contribution >= 4 is 28.2 Å². The summed E-state index contributed by atoms with van der Waals surface area (Å²) in [4.78, 5) is 10.9. The molecule has 0 saturated heterocycles. The largest absolute Gasteiger partial charge is 0.364 e. The average Bonchev–Trinajstić information content (AvgIpc) is 2.35. The summed E-state index contributed by atoms with van der Waals surface area (Å²) >= 11 is 2.09. The molecule has 2 aromatic rings. The van der Waals surface area contributed by atoms with Crippen molar-refractivity contribution < 1.29 is 0 Å². The van der Waals surface area contributed by atoms with Crippen LogP contribution in [-0.2, 0) is 0 Å². The Morgan fingerprint density at radius 2 is 2.45 bits per heavy atom. The third-order valence-electron chi connectivity index (χ3n) is 1.27. The number of halogens is 1. The van der Waals surface area contributed by atoms with Gasteiger partial charge in [-0.1, -0.05) is 0 Å². The Kier molecular flexibility index (Phi) is 1.41. The Balaban J connectivity index is 3.06. The van der Waals surface area contributed by atoms with Crippen molar-refractivity contribution in [1.29, 1.82) is 0 Å². The van der Waals surface area contributed by atoms with Gasteiger partial charge >= 0.3 is 5.69 Å². The molecule has 5 nitrogen and oxygen atoms in total. The van der Waals surface area contributed by atoms with Crippen LogP contribution < -0.4 is 5.69 Å². The van der Waals surface area contributed by atoms with Gasteiger partial charge in [-0.15, -0.1) is 5.10 Å². The molecule has 56 valence electrons. The number of nitrogens with one attached hydrogen (secondary N) is 1. The molecule has 11 heavy (non-hydrogen) atoms. The van der Waals surface area contributed by atoms with Crippen LogP contribution in [0.3, 0.4) is 0 Å². The maximum Gasteiger partial charge on any atom is 0.364 e. The van der Waals surface area contributed by atoms with E-state index in [1.165, 1.54) is 4.52 Å². The predicted molar refractivity (Wildman–Crippen MR) is 46.3 cm³/mol. The highest BCUT2D eigenvalue weighted by molar-refractivity contribution is 14.1. The number of H-pyrrole nitrogens is 1. The minimum absolute atomic E-state index is 0.307. The molecule has 0 saturated carbocycles. The zero-order chi connectivity index (χ0) is 7.84. The Morgan fingerprint density at radius 1 is 1.64 bits per heavy atom. The summed E-state index contributed by atoms with van der Waals surface area (Å²) in [5.74, 6) is 0. The minimum Gasteiger partial charge on any atom is -0.244 e. The van der Waals surface area contributed by atoms with Crippen molar-refractivity contribution in [3.05, 3.63) is 26.3 Å². The molecule has 0 fully saturated rings. The van der Waals surface area contributed by atoms with Gasteiger partial charge in [0.2, 0.25) is 0 Å². The molecule has 0 aliphatic heterocycles. The van der Waals surface area contributed by atoms with Crippen LogP contribution in [0, 0.1) is 3.57 Å². The van der Waals surface area contributed by atoms with Crippen molar-refractivity contribution in [2.45, 2.75) is 0 Å². The average molecular weight is 262 g/mol. The lowest BCUT2D eigenvalue weighted by atomic mass is 10.6. The molecule has 2 heterocycles. The standard InChI is InChI=1S/C5H3IN4O/c6-3-1-2-7-10-4(3)8-9-5(10)11/h1-2H,(H,9,11). The third kappa shape index (κ3) is 0.934. The molecule has 0 aliphatic carbocycles. The van der Waals surface area contributed by atoms with Crippen molar-refractivity contribution in [3.63, 3.8) is 0 Å². The third-order valence-corrected chi connectivity index (χ3v) is 2.11. The lowest BCUT2D eigenvalue weighted by Crippen LogP contribution is -2.11. The van der Waals surface area contributed by atoms with E-state index >= 15 is 0 Å². The van der Waals surface area contributed by atoms with Gasteiger partial charge in [0, 0.05) is 6.20 Å². The number of nitrogens with zero attached hydrogens (tertiary/aromatic N) is 3. The topological polar surface area (TPSA) is 63.0 Å². The molecule has 0 atom stereocenters. The summed E-state index contributed by atoms with van der Waals surface area (Å²) in [7, 11) is 0. The summed E-state index contributed by atoms with van der Waals surface area (Å²) < 4.78 is 2.12. The van der Waals surface area contributed by atoms with Crippen molar-refractivity contribution in [2.75, 3.05) is 0 Å². The summed E-state index contributed by atoms with van der Waals surface area (Å²) in [5, 5.41) is 9.89. The molecular formula is C5H3IN4O. The summed E-state index contributed by atoms with van der Waals surface area (Å²) in [6.07, 6.45) is 1.56. The van der Waals surface area contributed by atoms with Gasteiger partial charge in [-0.05, 0) is 28.7 Å². The fourth-order valence-electron chi connectivity index (χ4n) is 0.793. The van der Waals surface area contributed by atoms with Gasteiger partial charge in [0.05, 0.1) is 3.57 Å². The van der Waals surface area contributed by atoms with E-state index in [4.69, 9.17) is 0 Å². The molecule has 6 heteroatoms. The summed E-state index contributed by atoms with van der Waals surface area (Å²) in [5.41, 5.74) is 0.261. The highest BCUT2D eigenvalue weighted by atomic mass is 127. The van der Waals surface area contributed by atoms with Crippen LogP contribution in [0.5, 0.6) is 0 Å². The van der Waals surface area contributed by atoms with Gasteiger partial charge in [-0.3, -0.25) is 0 Å². The van der Waals surface area contributed by atoms with Crippen LogP contribution in [0.1, 0.15) is 0 Å². The molecule has 1 N–H and O–H groups in total. The van der Waals surface area contributed by atoms with E-state index < -0.39 is 0 Å². The minimum atomic E-state index is -0.307. The lowest BCUT2D eigenvalue weighted by Gasteiger charge is -1.89. The quantitative estimate of drug-likeness (QED) is 0.681. The number of fused-ring (bicyclic) bond motifs is 1. The van der Waals surface area contributed by atoms with Gasteiger partial charge in [-0.25, -0.2) is 9.89 Å². The first-order valence-electron chi connectivity index (χ1n) is 2.87. The molecular weight excluding hydrogens is 259 g/mol. The number of hydrogen-bond donors (Lipinski definition) is 1. The van der Waals surface area contributed by atoms with E-state index in [0.29, 0.717) is 5.65 Å². The van der Waals surface area contributed by atoms with Gasteiger partial charge in [0.15, 0.2) is 5.65 Å². The van der Waals surface area contributed by atoms with Gasteiger partial charge in [0.1, 0.15) is 0 Å². The van der Waals surface area contributed by atoms with Crippen LogP contribution in [0.25, 0.3) is 5.65 Å². The number of rotatable bonds is 0. The Hall–Kier alpha value is -0.920. The van der Waals surface area contributed by atoms with Crippen molar-refractivity contribution in [2.24, 2.45) is 0 Å². The van der Waals surface area contributed by atoms with Gasteiger partial charge in [-0.2, -0.15) is 9.61 Å². The van der Waals surface area contributed by atoms with E-state index in [1.54, 1.807) is 12.3 Å². The Labute approximate surface area is 74.6 Å². The maximum atomic E-state index is 10.9. The summed E-state index contributed by atoms with van der Waals surface area (Å²) in [6.45, 7) is 0. The first kappa shape index (κ1) is 6.77. The van der Waals surface area contributed by atoms with Crippen LogP contribution in [-0.4, -0.2) is 19.8 Å². The second-order valence-corrected chi connectivity index (χ2v) is 3.11. The molecule has 0 radical (unpaired) electrons. The number of hydrogen-bond acceptors (Lipinski definition) is 3. The predicted octanol–water partition coefficient (Wildman–Crippen LogP) is 0.0222. The smallest absolute Gasteiger partial charge is 0.244 e. The van der Waals surface area contributed by atoms with Gasteiger partial charge < -0.3 is 0 Å². The SMILES string of the molecule is O=c1[nH]nc2c(I)ccnn12. The van der Waals surface area contributed by atoms with Gasteiger partial charge in [0.25, 0.3) is 0 Å². The highest BCUT2D eigenvalue weighted by Crippen LogP contribution is 2.05. The Morgan fingerprint density at radius 3 is 3.18 bits per heavy atom. The van der Waals surface area contributed by atoms with Crippen LogP contribution >= 0.6 is 22.6 Å². The normalized spacial score (nSPS) is 10.6. The number of aromatic nitrogens is 4. The zero-order valence-corrected chi connectivity index (χ0v) is 7.44. The highest BCUT2D eigenvalue weighted by Gasteiger charge is 2.02. The van der Waals surface area contributed by atoms with E-state index in [0.717, 1.165) is 3.57 Å². The first-order chi connectivity index (χ1) is 5.29. The van der Waals surface area contributed by atoms with E-state index in [9.17, 15) is 4.79 Å². The van der Waals surface area contributed by atoms with E-state index in [1.807, 2.05) is 0 Å². The molecule has 0 amide bonds. The van der Waals surface area contributed by atoms with Crippen LogP contribution in [0.15, 0.2) is 17.1 Å². The second kappa shape index (κ2) is 2.29.